The number of hydrogen-bond donors (Lipinski definition) is 1. The van der Waals surface area contributed by atoms with Gasteiger partial charge in [-0.25, -0.2) is 5.48 Å². The third kappa shape index (κ3) is 5.52. The molecule has 1 N–H and O–H groups in total. The van der Waals surface area contributed by atoms with Crippen LogP contribution in [0.1, 0.15) is 0 Å². The van der Waals surface area contributed by atoms with Crippen LogP contribution in [-0.4, -0.2) is 17.8 Å². The number of hydrogen-bond acceptors (Lipinski definition) is 2. The van der Waals surface area contributed by atoms with Crippen molar-refractivity contribution in [3.63, 3.8) is 0 Å². The van der Waals surface area contributed by atoms with E-state index in [0.717, 1.165) is 0 Å². The van der Waals surface area contributed by atoms with Crippen LogP contribution in [0.4, 0.5) is 0 Å². The molecule has 3 nitrogen and oxygen atoms in total. The molecule has 0 bridgehead atoms. The van der Waals surface area contributed by atoms with Crippen molar-refractivity contribution in [1.82, 2.24) is 5.48 Å². The van der Waals surface area contributed by atoms with Gasteiger partial charge in [0.25, 0.3) is 5.91 Å². The van der Waals surface area contributed by atoms with Crippen molar-refractivity contribution in [3.8, 4) is 0 Å². The molecule has 0 radical (unpaired) electrons. The van der Waals surface area contributed by atoms with E-state index in [-0.39, 0.29) is 11.2 Å². The molecule has 0 saturated heterocycles. The molecule has 0 fully saturated rings. The fourth-order valence-electron chi connectivity index (χ4n) is 0.208. The van der Waals surface area contributed by atoms with Gasteiger partial charge in [0.05, 0.1) is 11.9 Å². The van der Waals surface area contributed by atoms with E-state index < -0.39 is 0 Å². The predicted octanol–water partition coefficient (Wildman–Crippen LogP) is 0.615. The summed E-state index contributed by atoms with van der Waals surface area (Å²) in [6.45, 7) is 3.73. The highest BCUT2D eigenvalue weighted by atomic mass is 79.9. The Balaban J connectivity index is 3.06. The number of nitrogens with one attached hydrogen (secondary N) is 1. The zero-order valence-corrected chi connectivity index (χ0v) is 6.48. The summed E-state index contributed by atoms with van der Waals surface area (Å²) in [5.74, 6) is -0.197. The minimum atomic E-state index is -0.197. The molecule has 0 unspecified atom stereocenters. The zero-order valence-electron chi connectivity index (χ0n) is 4.89. The second kappa shape index (κ2) is 5.78. The highest BCUT2D eigenvalue weighted by Gasteiger charge is 1.93. The maximum absolute atomic E-state index is 10.4. The Morgan fingerprint density at radius 2 is 2.56 bits per heavy atom. The SMILES string of the molecule is C=CCONC(=O)CBr. The van der Waals surface area contributed by atoms with Crippen molar-refractivity contribution in [2.45, 2.75) is 0 Å². The molecule has 52 valence electrons. The average molecular weight is 194 g/mol. The van der Waals surface area contributed by atoms with Gasteiger partial charge in [-0.3, -0.25) is 9.63 Å². The van der Waals surface area contributed by atoms with Gasteiger partial charge in [-0.05, 0) is 0 Å². The van der Waals surface area contributed by atoms with E-state index in [4.69, 9.17) is 0 Å². The molecule has 0 atom stereocenters. The highest BCUT2D eigenvalue weighted by Crippen LogP contribution is 1.78. The van der Waals surface area contributed by atoms with E-state index in [1.54, 1.807) is 6.08 Å². The summed E-state index contributed by atoms with van der Waals surface area (Å²) in [5.41, 5.74) is 2.18. The maximum atomic E-state index is 10.4. The quantitative estimate of drug-likeness (QED) is 0.308. The van der Waals surface area contributed by atoms with Gasteiger partial charge in [0.15, 0.2) is 0 Å². The number of carbonyl (C=O) groups is 1. The first-order chi connectivity index (χ1) is 4.31. The Kier molecular flexibility index (Phi) is 5.56. The molecule has 0 heterocycles. The topological polar surface area (TPSA) is 38.3 Å². The Hall–Kier alpha value is -0.350. The van der Waals surface area contributed by atoms with Crippen LogP contribution >= 0.6 is 15.9 Å². The van der Waals surface area contributed by atoms with Gasteiger partial charge < -0.3 is 0 Å². The van der Waals surface area contributed by atoms with Crippen LogP contribution in [0, 0.1) is 0 Å². The standard InChI is InChI=1S/C5H8BrNO2/c1-2-3-9-7-5(8)4-6/h2H,1,3-4H2,(H,7,8). The predicted molar refractivity (Wildman–Crippen MR) is 38.1 cm³/mol. The molecule has 4 heteroatoms. The highest BCUT2D eigenvalue weighted by molar-refractivity contribution is 9.09. The summed E-state index contributed by atoms with van der Waals surface area (Å²) < 4.78 is 0. The zero-order chi connectivity index (χ0) is 7.11. The second-order valence-electron chi connectivity index (χ2n) is 1.26. The Labute approximate surface area is 62.2 Å². The van der Waals surface area contributed by atoms with Crippen molar-refractivity contribution in [2.75, 3.05) is 11.9 Å². The minimum absolute atomic E-state index is 0.197. The number of hydroxylamine groups is 1. The van der Waals surface area contributed by atoms with Crippen LogP contribution in [-0.2, 0) is 9.63 Å². The molecular formula is C5H8BrNO2. The molecule has 0 aromatic heterocycles. The third-order valence-corrected chi connectivity index (χ3v) is 1.02. The molecule has 0 aliphatic heterocycles. The van der Waals surface area contributed by atoms with E-state index in [9.17, 15) is 4.79 Å². The smallest absolute Gasteiger partial charge is 0.254 e. The lowest BCUT2D eigenvalue weighted by molar-refractivity contribution is -0.129. The number of alkyl halides is 1. The fourth-order valence-corrected chi connectivity index (χ4v) is 0.323. The number of amides is 1. The lowest BCUT2D eigenvalue weighted by Gasteiger charge is -1.98. The van der Waals surface area contributed by atoms with E-state index in [1.807, 2.05) is 0 Å². The molecule has 0 aliphatic rings. The summed E-state index contributed by atoms with van der Waals surface area (Å²) in [6, 6.07) is 0. The van der Waals surface area contributed by atoms with Gasteiger partial charge in [-0.2, -0.15) is 0 Å². The van der Waals surface area contributed by atoms with Gasteiger partial charge in [0.2, 0.25) is 0 Å². The van der Waals surface area contributed by atoms with E-state index >= 15 is 0 Å². The van der Waals surface area contributed by atoms with Crippen molar-refractivity contribution in [1.29, 1.82) is 0 Å². The lowest BCUT2D eigenvalue weighted by Crippen LogP contribution is -2.24. The second-order valence-corrected chi connectivity index (χ2v) is 1.82. The largest absolute Gasteiger partial charge is 0.272 e. The minimum Gasteiger partial charge on any atom is -0.272 e. The summed E-state index contributed by atoms with van der Waals surface area (Å²) >= 11 is 2.95. The van der Waals surface area contributed by atoms with Crippen molar-refractivity contribution < 1.29 is 9.63 Å². The molecule has 0 saturated carbocycles. The molecule has 0 aromatic carbocycles. The van der Waals surface area contributed by atoms with Crippen LogP contribution in [0.3, 0.4) is 0 Å². The van der Waals surface area contributed by atoms with Gasteiger partial charge in [0.1, 0.15) is 0 Å². The molecule has 0 spiro atoms. The molecule has 1 amide bonds. The monoisotopic (exact) mass is 193 g/mol. The molecule has 0 aromatic rings. The van der Waals surface area contributed by atoms with Crippen molar-refractivity contribution >= 4 is 21.8 Å². The summed E-state index contributed by atoms with van der Waals surface area (Å²) in [6.07, 6.45) is 1.55. The normalized spacial score (nSPS) is 8.56. The third-order valence-electron chi connectivity index (χ3n) is 0.509. The Morgan fingerprint density at radius 3 is 3.00 bits per heavy atom. The van der Waals surface area contributed by atoms with Crippen molar-refractivity contribution in [2.24, 2.45) is 0 Å². The van der Waals surface area contributed by atoms with Gasteiger partial charge >= 0.3 is 0 Å². The Morgan fingerprint density at radius 1 is 1.89 bits per heavy atom. The van der Waals surface area contributed by atoms with Crippen LogP contribution in [0.15, 0.2) is 12.7 Å². The van der Waals surface area contributed by atoms with Gasteiger partial charge in [0, 0.05) is 0 Å². The average Bonchev–Trinajstić information content (AvgIpc) is 1.89. The Bertz CT molecular complexity index is 105. The van der Waals surface area contributed by atoms with E-state index in [1.165, 1.54) is 0 Å². The van der Waals surface area contributed by atoms with E-state index in [0.29, 0.717) is 6.61 Å². The lowest BCUT2D eigenvalue weighted by atomic mass is 10.7. The van der Waals surface area contributed by atoms with Crippen molar-refractivity contribution in [3.05, 3.63) is 12.7 Å². The summed E-state index contributed by atoms with van der Waals surface area (Å²) in [7, 11) is 0. The summed E-state index contributed by atoms with van der Waals surface area (Å²) in [4.78, 5) is 15.0. The number of halogens is 1. The first-order valence-electron chi connectivity index (χ1n) is 2.38. The number of carbonyl (C=O) groups excluding carboxylic acids is 1. The molecule has 0 rings (SSSR count). The first kappa shape index (κ1) is 8.65. The first-order valence-corrected chi connectivity index (χ1v) is 3.51. The van der Waals surface area contributed by atoms with E-state index in [2.05, 4.69) is 32.8 Å². The maximum Gasteiger partial charge on any atom is 0.254 e. The van der Waals surface area contributed by atoms with Gasteiger partial charge in [-0.15, -0.1) is 6.58 Å². The van der Waals surface area contributed by atoms with Crippen LogP contribution in [0.2, 0.25) is 0 Å². The fraction of sp³-hybridized carbons (Fsp3) is 0.400. The summed E-state index contributed by atoms with van der Waals surface area (Å²) in [5, 5.41) is 0.254. The molecular weight excluding hydrogens is 186 g/mol. The number of rotatable bonds is 4. The van der Waals surface area contributed by atoms with Gasteiger partial charge in [-0.1, -0.05) is 22.0 Å². The molecule has 9 heavy (non-hydrogen) atoms. The van der Waals surface area contributed by atoms with Crippen LogP contribution in [0.25, 0.3) is 0 Å². The van der Waals surface area contributed by atoms with Crippen LogP contribution in [0.5, 0.6) is 0 Å². The molecule has 0 aliphatic carbocycles. The van der Waals surface area contributed by atoms with Crippen LogP contribution < -0.4 is 5.48 Å².